The summed E-state index contributed by atoms with van der Waals surface area (Å²) < 4.78 is 51.4. The van der Waals surface area contributed by atoms with Crippen LogP contribution in [0.1, 0.15) is 11.1 Å². The molecule has 0 atom stereocenters. The van der Waals surface area contributed by atoms with Crippen LogP contribution in [0.2, 0.25) is 0 Å². The molecule has 0 saturated heterocycles. The fourth-order valence-electron chi connectivity index (χ4n) is 1.64. The topological polar surface area (TPSA) is 0 Å². The number of benzene rings is 2. The van der Waals surface area contributed by atoms with Crippen molar-refractivity contribution in [3.05, 3.63) is 59.4 Å². The van der Waals surface area contributed by atoms with E-state index in [1.165, 1.54) is 6.07 Å². The van der Waals surface area contributed by atoms with Crippen LogP contribution in [-0.4, -0.2) is 0 Å². The number of alkyl halides is 3. The highest BCUT2D eigenvalue weighted by molar-refractivity contribution is 5.65. The highest BCUT2D eigenvalue weighted by Gasteiger charge is 2.35. The van der Waals surface area contributed by atoms with Crippen molar-refractivity contribution < 1.29 is 17.6 Å². The summed E-state index contributed by atoms with van der Waals surface area (Å²) in [4.78, 5) is 0. The molecule has 0 bridgehead atoms. The van der Waals surface area contributed by atoms with Crippen molar-refractivity contribution in [2.24, 2.45) is 0 Å². The average Bonchev–Trinajstić information content (AvgIpc) is 2.29. The largest absolute Gasteiger partial charge is 0.419 e. The van der Waals surface area contributed by atoms with Crippen LogP contribution >= 0.6 is 0 Å². The quantitative estimate of drug-likeness (QED) is 0.650. The molecule has 18 heavy (non-hydrogen) atoms. The summed E-state index contributed by atoms with van der Waals surface area (Å²) in [5.74, 6) is -1.28. The van der Waals surface area contributed by atoms with Crippen LogP contribution in [0, 0.1) is 18.8 Å². The molecule has 0 aliphatic rings. The van der Waals surface area contributed by atoms with Gasteiger partial charge in [-0.3, -0.25) is 0 Å². The van der Waals surface area contributed by atoms with Crippen LogP contribution in [0.4, 0.5) is 17.6 Å². The first-order chi connectivity index (χ1) is 8.39. The van der Waals surface area contributed by atoms with Gasteiger partial charge in [0.2, 0.25) is 0 Å². The molecule has 0 unspecified atom stereocenters. The Bertz CT molecular complexity index is 553. The Kier molecular flexibility index (Phi) is 3.11. The summed E-state index contributed by atoms with van der Waals surface area (Å²) >= 11 is 0. The molecule has 0 nitrogen and oxygen atoms in total. The van der Waals surface area contributed by atoms with Crippen LogP contribution < -0.4 is 0 Å². The van der Waals surface area contributed by atoms with Crippen molar-refractivity contribution in [2.75, 3.05) is 0 Å². The summed E-state index contributed by atoms with van der Waals surface area (Å²) in [7, 11) is 0. The summed E-state index contributed by atoms with van der Waals surface area (Å²) in [5.41, 5.74) is -0.0584. The highest BCUT2D eigenvalue weighted by Crippen LogP contribution is 2.35. The molecular formula is C14H9F4. The molecule has 4 heteroatoms. The number of hydrogen-bond acceptors (Lipinski definition) is 0. The average molecular weight is 253 g/mol. The van der Waals surface area contributed by atoms with Gasteiger partial charge in [0.25, 0.3) is 0 Å². The van der Waals surface area contributed by atoms with E-state index in [0.29, 0.717) is 5.56 Å². The van der Waals surface area contributed by atoms with Crippen molar-refractivity contribution in [2.45, 2.75) is 13.1 Å². The van der Waals surface area contributed by atoms with Gasteiger partial charge >= 0.3 is 6.18 Å². The predicted octanol–water partition coefficient (Wildman–Crippen LogP) is 4.62. The summed E-state index contributed by atoms with van der Waals surface area (Å²) in [5, 5.41) is 0. The fourth-order valence-corrected chi connectivity index (χ4v) is 1.64. The predicted molar refractivity (Wildman–Crippen MR) is 60.4 cm³/mol. The van der Waals surface area contributed by atoms with Crippen LogP contribution in [0.25, 0.3) is 11.1 Å². The first-order valence-corrected chi connectivity index (χ1v) is 5.24. The van der Waals surface area contributed by atoms with E-state index in [1.807, 2.05) is 13.0 Å². The molecule has 0 spiro atoms. The second-order valence-electron chi connectivity index (χ2n) is 3.94. The Morgan fingerprint density at radius 3 is 2.17 bits per heavy atom. The molecule has 93 valence electrons. The zero-order valence-electron chi connectivity index (χ0n) is 9.48. The molecule has 2 rings (SSSR count). The highest BCUT2D eigenvalue weighted by atomic mass is 19.4. The van der Waals surface area contributed by atoms with E-state index in [4.69, 9.17) is 0 Å². The third kappa shape index (κ3) is 2.37. The summed E-state index contributed by atoms with van der Waals surface area (Å²) in [6.45, 7) is 1.85. The van der Waals surface area contributed by atoms with E-state index in [2.05, 4.69) is 0 Å². The summed E-state index contributed by atoms with van der Waals surface area (Å²) in [6, 6.07) is 10.9. The van der Waals surface area contributed by atoms with Crippen molar-refractivity contribution in [1.29, 1.82) is 0 Å². The van der Waals surface area contributed by atoms with E-state index in [1.54, 1.807) is 24.3 Å². The van der Waals surface area contributed by atoms with Gasteiger partial charge in [-0.25, -0.2) is 4.39 Å². The number of aryl methyl sites for hydroxylation is 1. The van der Waals surface area contributed by atoms with E-state index < -0.39 is 17.6 Å². The van der Waals surface area contributed by atoms with Crippen molar-refractivity contribution in [3.8, 4) is 11.1 Å². The SMILES string of the molecule is Cc1ccc(-c2cc[c]c(C(F)(F)F)c2F)cc1. The maximum Gasteiger partial charge on any atom is 0.419 e. The molecule has 0 aliphatic carbocycles. The lowest BCUT2D eigenvalue weighted by Crippen LogP contribution is -2.09. The lowest BCUT2D eigenvalue weighted by atomic mass is 10.0. The molecular weight excluding hydrogens is 244 g/mol. The molecule has 0 N–H and O–H groups in total. The minimum Gasteiger partial charge on any atom is -0.206 e. The Labute approximate surface area is 102 Å². The van der Waals surface area contributed by atoms with Crippen LogP contribution in [0.3, 0.4) is 0 Å². The first kappa shape index (κ1) is 12.6. The summed E-state index contributed by atoms with van der Waals surface area (Å²) in [6.07, 6.45) is -4.73. The van der Waals surface area contributed by atoms with Gasteiger partial charge in [0.05, 0.1) is 5.56 Å². The molecule has 1 radical (unpaired) electrons. The van der Waals surface area contributed by atoms with Gasteiger partial charge in [0.15, 0.2) is 0 Å². The Morgan fingerprint density at radius 1 is 1.00 bits per heavy atom. The number of hydrogen-bond donors (Lipinski definition) is 0. The Hall–Kier alpha value is -1.84. The second kappa shape index (κ2) is 4.44. The second-order valence-corrected chi connectivity index (χ2v) is 3.94. The molecule has 2 aromatic rings. The Balaban J connectivity index is 2.56. The molecule has 0 aromatic heterocycles. The fraction of sp³-hybridized carbons (Fsp3) is 0.143. The smallest absolute Gasteiger partial charge is 0.206 e. The van der Waals surface area contributed by atoms with E-state index in [0.717, 1.165) is 11.6 Å². The van der Waals surface area contributed by atoms with Gasteiger partial charge in [-0.2, -0.15) is 13.2 Å². The van der Waals surface area contributed by atoms with Gasteiger partial charge in [0, 0.05) is 5.56 Å². The lowest BCUT2D eigenvalue weighted by Gasteiger charge is -2.11. The van der Waals surface area contributed by atoms with Gasteiger partial charge in [0.1, 0.15) is 5.82 Å². The third-order valence-corrected chi connectivity index (χ3v) is 2.58. The molecule has 0 heterocycles. The van der Waals surface area contributed by atoms with E-state index in [9.17, 15) is 17.6 Å². The lowest BCUT2D eigenvalue weighted by molar-refractivity contribution is -0.140. The maximum atomic E-state index is 13.8. The Morgan fingerprint density at radius 2 is 1.61 bits per heavy atom. The zero-order valence-corrected chi connectivity index (χ0v) is 9.48. The van der Waals surface area contributed by atoms with E-state index >= 15 is 0 Å². The van der Waals surface area contributed by atoms with Crippen molar-refractivity contribution in [3.63, 3.8) is 0 Å². The minimum atomic E-state index is -4.73. The van der Waals surface area contributed by atoms with Gasteiger partial charge in [-0.15, -0.1) is 0 Å². The van der Waals surface area contributed by atoms with Crippen LogP contribution in [-0.2, 0) is 6.18 Å². The van der Waals surface area contributed by atoms with Gasteiger partial charge in [-0.1, -0.05) is 42.0 Å². The minimum absolute atomic E-state index is 0.0684. The van der Waals surface area contributed by atoms with Crippen molar-refractivity contribution >= 4 is 0 Å². The van der Waals surface area contributed by atoms with E-state index in [-0.39, 0.29) is 5.56 Å². The molecule has 0 aliphatic heterocycles. The molecule has 0 saturated carbocycles. The molecule has 0 fully saturated rings. The molecule has 0 amide bonds. The maximum absolute atomic E-state index is 13.8. The van der Waals surface area contributed by atoms with Gasteiger partial charge < -0.3 is 0 Å². The van der Waals surface area contributed by atoms with Crippen LogP contribution in [0.5, 0.6) is 0 Å². The first-order valence-electron chi connectivity index (χ1n) is 5.24. The third-order valence-electron chi connectivity index (χ3n) is 2.58. The monoisotopic (exact) mass is 253 g/mol. The number of rotatable bonds is 1. The zero-order chi connectivity index (χ0) is 13.3. The number of halogens is 4. The van der Waals surface area contributed by atoms with Gasteiger partial charge in [-0.05, 0) is 18.6 Å². The normalized spacial score (nSPS) is 11.6. The standard InChI is InChI=1S/C14H9F4/c1-9-5-7-10(8-6-9)11-3-2-4-12(13(11)15)14(16,17)18/h2-3,5-8H,1H3. The van der Waals surface area contributed by atoms with Crippen LogP contribution in [0.15, 0.2) is 36.4 Å². The van der Waals surface area contributed by atoms with Crippen molar-refractivity contribution in [1.82, 2.24) is 0 Å². The molecule has 2 aromatic carbocycles.